The van der Waals surface area contributed by atoms with E-state index in [0.717, 1.165) is 16.9 Å². The summed E-state index contributed by atoms with van der Waals surface area (Å²) in [6, 6.07) is 7.39. The predicted molar refractivity (Wildman–Crippen MR) is 82.0 cm³/mol. The zero-order chi connectivity index (χ0) is 14.5. The number of aromatic amines is 1. The van der Waals surface area contributed by atoms with Crippen molar-refractivity contribution in [3.63, 3.8) is 0 Å². The van der Waals surface area contributed by atoms with Crippen molar-refractivity contribution in [2.45, 2.75) is 0 Å². The molecule has 2 rings (SSSR count). The predicted octanol–water partition coefficient (Wildman–Crippen LogP) is 1.71. The first-order valence-corrected chi connectivity index (χ1v) is 6.74. The average molecular weight is 296 g/mol. The van der Waals surface area contributed by atoms with E-state index in [1.807, 2.05) is 23.2 Å². The summed E-state index contributed by atoms with van der Waals surface area (Å²) in [5, 5.41) is 18.8. The summed E-state index contributed by atoms with van der Waals surface area (Å²) in [6.07, 6.45) is 1.83. The molecule has 1 aromatic carbocycles. The molecule has 5 nitrogen and oxygen atoms in total. The van der Waals surface area contributed by atoms with Gasteiger partial charge in [0.25, 0.3) is 0 Å². The van der Waals surface area contributed by atoms with Gasteiger partial charge in [-0.1, -0.05) is 11.6 Å². The number of aliphatic hydroxyl groups is 2. The highest BCUT2D eigenvalue weighted by Crippen LogP contribution is 2.36. The molecule has 0 unspecified atom stereocenters. The Morgan fingerprint density at radius 3 is 2.45 bits per heavy atom. The molecule has 1 aromatic heterocycles. The molecular weight excluding hydrogens is 278 g/mol. The first kappa shape index (κ1) is 14.7. The van der Waals surface area contributed by atoms with Crippen LogP contribution in [0.1, 0.15) is 0 Å². The number of nitrogens with one attached hydrogen (secondary N) is 1. The zero-order valence-corrected chi connectivity index (χ0v) is 11.8. The van der Waals surface area contributed by atoms with Crippen LogP contribution in [0.3, 0.4) is 0 Å². The van der Waals surface area contributed by atoms with E-state index in [2.05, 4.69) is 4.98 Å². The molecule has 0 aliphatic heterocycles. The maximum atomic E-state index is 9.18. The minimum absolute atomic E-state index is 0.00778. The Hall–Kier alpha value is -1.69. The summed E-state index contributed by atoms with van der Waals surface area (Å²) < 4.78 is 0. The second kappa shape index (κ2) is 6.65. The SMILES string of the molecule is Nc1cc(-c2ccc[nH]2)c(N(CCO)CCO)cc1Cl. The Bertz CT molecular complexity index is 552. The van der Waals surface area contributed by atoms with Crippen LogP contribution in [0.5, 0.6) is 0 Å². The van der Waals surface area contributed by atoms with Crippen LogP contribution in [0.15, 0.2) is 30.5 Å². The van der Waals surface area contributed by atoms with Crippen LogP contribution in [-0.2, 0) is 0 Å². The highest BCUT2D eigenvalue weighted by molar-refractivity contribution is 6.33. The number of anilines is 2. The highest BCUT2D eigenvalue weighted by atomic mass is 35.5. The lowest BCUT2D eigenvalue weighted by Gasteiger charge is -2.26. The van der Waals surface area contributed by atoms with Gasteiger partial charge in [-0.15, -0.1) is 0 Å². The Morgan fingerprint density at radius 1 is 1.20 bits per heavy atom. The number of hydrogen-bond acceptors (Lipinski definition) is 4. The standard InChI is InChI=1S/C14H18ClN3O2/c15-11-9-14(18(4-6-19)5-7-20)10(8-12(11)16)13-2-1-3-17-13/h1-3,8-9,17,19-20H,4-7,16H2. The number of H-pyrrole nitrogens is 1. The molecule has 108 valence electrons. The van der Waals surface area contributed by atoms with Crippen molar-refractivity contribution >= 4 is 23.0 Å². The van der Waals surface area contributed by atoms with E-state index in [9.17, 15) is 10.2 Å². The Kier molecular flexibility index (Phi) is 4.89. The van der Waals surface area contributed by atoms with Crippen molar-refractivity contribution in [1.82, 2.24) is 4.98 Å². The zero-order valence-electron chi connectivity index (χ0n) is 11.0. The van der Waals surface area contributed by atoms with E-state index in [0.29, 0.717) is 23.8 Å². The van der Waals surface area contributed by atoms with Gasteiger partial charge in [0, 0.05) is 36.2 Å². The van der Waals surface area contributed by atoms with Crippen LogP contribution < -0.4 is 10.6 Å². The minimum Gasteiger partial charge on any atom is -0.398 e. The molecule has 0 saturated carbocycles. The number of halogens is 1. The number of nitrogens with zero attached hydrogens (tertiary/aromatic N) is 1. The van der Waals surface area contributed by atoms with E-state index in [1.54, 1.807) is 12.1 Å². The van der Waals surface area contributed by atoms with Gasteiger partial charge >= 0.3 is 0 Å². The van der Waals surface area contributed by atoms with E-state index in [1.165, 1.54) is 0 Å². The highest BCUT2D eigenvalue weighted by Gasteiger charge is 2.15. The lowest BCUT2D eigenvalue weighted by molar-refractivity contribution is 0.281. The van der Waals surface area contributed by atoms with Crippen LogP contribution in [-0.4, -0.2) is 41.5 Å². The number of hydrogen-bond donors (Lipinski definition) is 4. The van der Waals surface area contributed by atoms with Gasteiger partial charge in [0.2, 0.25) is 0 Å². The van der Waals surface area contributed by atoms with Crippen LogP contribution in [0.25, 0.3) is 11.3 Å². The molecule has 0 amide bonds. The molecule has 20 heavy (non-hydrogen) atoms. The van der Waals surface area contributed by atoms with E-state index in [-0.39, 0.29) is 13.2 Å². The molecule has 0 radical (unpaired) electrons. The molecule has 0 aliphatic rings. The Balaban J connectivity index is 2.51. The average Bonchev–Trinajstić information content (AvgIpc) is 2.95. The van der Waals surface area contributed by atoms with Crippen LogP contribution >= 0.6 is 11.6 Å². The molecule has 0 bridgehead atoms. The number of nitrogens with two attached hydrogens (primary N) is 1. The fourth-order valence-corrected chi connectivity index (χ4v) is 2.31. The molecule has 0 spiro atoms. The third-order valence-electron chi connectivity index (χ3n) is 3.08. The minimum atomic E-state index is -0.00778. The Labute approximate surface area is 122 Å². The van der Waals surface area contributed by atoms with Crippen molar-refractivity contribution in [1.29, 1.82) is 0 Å². The van der Waals surface area contributed by atoms with Gasteiger partial charge in [0.1, 0.15) is 0 Å². The summed E-state index contributed by atoms with van der Waals surface area (Å²) in [4.78, 5) is 5.01. The molecular formula is C14H18ClN3O2. The van der Waals surface area contributed by atoms with Crippen molar-refractivity contribution in [2.75, 3.05) is 36.9 Å². The maximum Gasteiger partial charge on any atom is 0.0656 e. The van der Waals surface area contributed by atoms with Gasteiger partial charge in [-0.25, -0.2) is 0 Å². The smallest absolute Gasteiger partial charge is 0.0656 e. The molecule has 1 heterocycles. The van der Waals surface area contributed by atoms with Gasteiger partial charge in [0.15, 0.2) is 0 Å². The van der Waals surface area contributed by atoms with Crippen molar-refractivity contribution < 1.29 is 10.2 Å². The third kappa shape index (κ3) is 3.07. The lowest BCUT2D eigenvalue weighted by atomic mass is 10.1. The summed E-state index contributed by atoms with van der Waals surface area (Å²) in [5.74, 6) is 0. The number of aliphatic hydroxyl groups excluding tert-OH is 2. The lowest BCUT2D eigenvalue weighted by Crippen LogP contribution is -2.30. The van der Waals surface area contributed by atoms with Crippen LogP contribution in [0, 0.1) is 0 Å². The number of nitrogen functional groups attached to an aromatic ring is 1. The summed E-state index contributed by atoms with van der Waals surface area (Å²) >= 11 is 6.10. The first-order valence-electron chi connectivity index (χ1n) is 6.36. The van der Waals surface area contributed by atoms with Gasteiger partial charge in [-0.2, -0.15) is 0 Å². The van der Waals surface area contributed by atoms with E-state index in [4.69, 9.17) is 17.3 Å². The van der Waals surface area contributed by atoms with Gasteiger partial charge < -0.3 is 25.8 Å². The molecule has 6 heteroatoms. The van der Waals surface area contributed by atoms with E-state index >= 15 is 0 Å². The largest absolute Gasteiger partial charge is 0.398 e. The fourth-order valence-electron chi connectivity index (χ4n) is 2.15. The third-order valence-corrected chi connectivity index (χ3v) is 3.41. The fraction of sp³-hybridized carbons (Fsp3) is 0.286. The van der Waals surface area contributed by atoms with Gasteiger partial charge in [-0.3, -0.25) is 0 Å². The first-order chi connectivity index (χ1) is 9.67. The van der Waals surface area contributed by atoms with Gasteiger partial charge in [0.05, 0.1) is 23.9 Å². The van der Waals surface area contributed by atoms with Crippen molar-refractivity contribution in [3.05, 3.63) is 35.5 Å². The topological polar surface area (TPSA) is 85.5 Å². The molecule has 0 aliphatic carbocycles. The maximum absolute atomic E-state index is 9.18. The molecule has 0 saturated heterocycles. The van der Waals surface area contributed by atoms with E-state index < -0.39 is 0 Å². The van der Waals surface area contributed by atoms with Crippen LogP contribution in [0.4, 0.5) is 11.4 Å². The normalized spacial score (nSPS) is 10.8. The molecule has 0 fully saturated rings. The van der Waals surface area contributed by atoms with Crippen LogP contribution in [0.2, 0.25) is 5.02 Å². The Morgan fingerprint density at radius 2 is 1.90 bits per heavy atom. The molecule has 0 atom stereocenters. The monoisotopic (exact) mass is 295 g/mol. The molecule has 2 aromatic rings. The molecule has 5 N–H and O–H groups in total. The second-order valence-electron chi connectivity index (χ2n) is 4.41. The second-order valence-corrected chi connectivity index (χ2v) is 4.82. The summed E-state index contributed by atoms with van der Waals surface area (Å²) in [7, 11) is 0. The number of benzene rings is 1. The van der Waals surface area contributed by atoms with Crippen molar-refractivity contribution in [2.24, 2.45) is 0 Å². The van der Waals surface area contributed by atoms with Crippen molar-refractivity contribution in [3.8, 4) is 11.3 Å². The summed E-state index contributed by atoms with van der Waals surface area (Å²) in [6.45, 7) is 0.807. The number of aromatic nitrogens is 1. The number of rotatable bonds is 6. The summed E-state index contributed by atoms with van der Waals surface area (Å²) in [5.41, 5.74) is 9.00. The quantitative estimate of drug-likeness (QED) is 0.611. The van der Waals surface area contributed by atoms with Gasteiger partial charge in [-0.05, 0) is 24.3 Å².